The van der Waals surface area contributed by atoms with E-state index in [4.69, 9.17) is 0 Å². The molecule has 3 radical (unpaired) electrons. The van der Waals surface area contributed by atoms with Crippen molar-refractivity contribution in [2.45, 2.75) is 54.6 Å². The van der Waals surface area contributed by atoms with E-state index >= 15 is 0 Å². The average Bonchev–Trinajstić information content (AvgIpc) is 1.65. The molecule has 12 aromatic carbocycles. The molecule has 0 spiro atoms. The van der Waals surface area contributed by atoms with Crippen molar-refractivity contribution in [3.05, 3.63) is 454 Å². The number of pyridine rings is 3. The molecule has 0 amide bonds. The Bertz CT molecular complexity index is 7320. The minimum atomic E-state index is -4.57. The van der Waals surface area contributed by atoms with Gasteiger partial charge in [-0.05, 0) is 60.7 Å². The Hall–Kier alpha value is -15.9. The van der Waals surface area contributed by atoms with Gasteiger partial charge < -0.3 is 85.2 Å². The van der Waals surface area contributed by atoms with Crippen LogP contribution in [0.4, 0.5) is 13.2 Å². The molecule has 723 valence electrons. The van der Waals surface area contributed by atoms with Gasteiger partial charge in [-0.3, -0.25) is 30.4 Å². The van der Waals surface area contributed by atoms with Gasteiger partial charge in [0.1, 0.15) is 5.82 Å². The Balaban J connectivity index is 0.000000135. The van der Waals surface area contributed by atoms with E-state index in [1.807, 2.05) is 243 Å². The number of para-hydroxylation sites is 12. The zero-order valence-electron chi connectivity index (χ0n) is 80.1. The van der Waals surface area contributed by atoms with E-state index < -0.39 is 12.0 Å². The number of hydrogen-bond donors (Lipinski definition) is 0. The summed E-state index contributed by atoms with van der Waals surface area (Å²) in [6, 6.07) is 122. The van der Waals surface area contributed by atoms with E-state index in [2.05, 4.69) is 322 Å². The summed E-state index contributed by atoms with van der Waals surface area (Å²) in [7, 11) is 12.1. The maximum atomic E-state index is 12.1. The van der Waals surface area contributed by atoms with Gasteiger partial charge >= 0.3 is 6.18 Å². The third-order valence-electron chi connectivity index (χ3n) is 21.9. The standard InChI is InChI=1S/6C15H13N2.C8H4F3N4.C8H7N4.C7H5N4.3Ir/c6*1-12-6-5-7-13(10-12)17-11-16(2)14-8-3-4-9-15(14)17;9-8(10,11)7-13-6(14-15-7)5-3-1-2-4-12-5;1-6-10-8(12-11-6)7-4-2-3-5-9-7;1-2-4-8-6(3-1)7-5-9-11-10-7;;;/h6*3-6,8-10H,1-2H3;1-4H;2-5H,1H3;1-5H;;;/q9*-1;;;. The summed E-state index contributed by atoms with van der Waals surface area (Å²) in [5, 5.41) is 24.7. The number of rotatable bonds is 9. The normalized spacial score (nSPS) is 10.6. The first-order valence-corrected chi connectivity index (χ1v) is 44.5. The number of halogens is 3. The summed E-state index contributed by atoms with van der Waals surface area (Å²) in [6.45, 7) is 14.3. The summed E-state index contributed by atoms with van der Waals surface area (Å²) in [5.41, 5.74) is 30.0. The van der Waals surface area contributed by atoms with Gasteiger partial charge in [0.25, 0.3) is 0 Å². The van der Waals surface area contributed by atoms with Crippen LogP contribution < -0.4 is 42.7 Å². The predicted molar refractivity (Wildman–Crippen MR) is 527 cm³/mol. The number of imidazole rings is 6. The van der Waals surface area contributed by atoms with Crippen LogP contribution in [0.3, 0.4) is 0 Å². The minimum Gasteiger partial charge on any atom is -0.421 e. The van der Waals surface area contributed by atoms with Crippen LogP contribution in [0, 0.1) is 123 Å². The molecule has 12 heterocycles. The maximum absolute atomic E-state index is 12.1. The maximum Gasteiger partial charge on any atom is 0.429 e. The second-order valence-electron chi connectivity index (χ2n) is 32.5. The van der Waals surface area contributed by atoms with E-state index in [1.54, 1.807) is 37.6 Å². The molecule has 0 saturated heterocycles. The van der Waals surface area contributed by atoms with E-state index in [9.17, 15) is 13.2 Å². The molecule has 12 aromatic heterocycles. The van der Waals surface area contributed by atoms with Crippen LogP contribution in [0.2, 0.25) is 0 Å². The van der Waals surface area contributed by atoms with Crippen LogP contribution >= 0.6 is 0 Å². The molecule has 24 rings (SSSR count). The molecule has 0 fully saturated rings. The van der Waals surface area contributed by atoms with Crippen molar-refractivity contribution in [3.63, 3.8) is 0 Å². The first kappa shape index (κ1) is 104. The van der Waals surface area contributed by atoms with Gasteiger partial charge in [-0.2, -0.15) is 192 Å². The van der Waals surface area contributed by atoms with Gasteiger partial charge in [0.05, 0.1) is 126 Å². The third kappa shape index (κ3) is 26.0. The van der Waals surface area contributed by atoms with Gasteiger partial charge in [-0.25, -0.2) is 0 Å². The summed E-state index contributed by atoms with van der Waals surface area (Å²) in [5.74, 6) is -0.102. The molecule has 24 aromatic rings. The van der Waals surface area contributed by atoms with E-state index in [-0.39, 0.29) is 71.8 Å². The van der Waals surface area contributed by atoms with E-state index in [0.29, 0.717) is 17.3 Å². The largest absolute Gasteiger partial charge is 0.429 e. The SMILES string of the molecule is Cc1cc[c-]c(-n2[c-][n+](C)c3ccccc32)c1.Cc1cc[c-]c(-n2[c-][n+](C)c3ccccc32)c1.Cc1cc[c-]c(-n2[c-][n+](C)c3ccccc32)c1.Cc1cc[c-]c(-n2[c-][n+](C)c3ccccc32)c1.Cc1cc[c-]c(-n2[c-][n+](C)c3ccccc32)c1.Cc1cc[c-]c(-n2[c-][n+](C)c3ccccc32)c1.Cc1n[n-]c(-c2ccccn2)n1.FC(F)(F)c1n[n-]c(-c2ccccn2)n1.[Ir].[Ir].[Ir].c1ccc(-c2cnn[n-]2)nc1. The molecule has 0 saturated carbocycles. The van der Waals surface area contributed by atoms with Crippen molar-refractivity contribution in [3.8, 4) is 68.5 Å². The van der Waals surface area contributed by atoms with Gasteiger partial charge in [-0.1, -0.05) is 246 Å². The molecule has 24 nitrogen and oxygen atoms in total. The van der Waals surface area contributed by atoms with Crippen molar-refractivity contribution in [1.29, 1.82) is 0 Å². The number of aromatic nitrogens is 24. The van der Waals surface area contributed by atoms with Crippen LogP contribution in [-0.4, -0.2) is 72.8 Å². The van der Waals surface area contributed by atoms with Crippen molar-refractivity contribution >= 4 is 66.2 Å². The van der Waals surface area contributed by atoms with Gasteiger partial charge in [-0.15, -0.1) is 0 Å². The first-order chi connectivity index (χ1) is 67.9. The fraction of sp³-hybridized carbons (Fsp3) is 0.124. The molecular weight excluding hydrogens is 2330 g/mol. The fourth-order valence-corrected chi connectivity index (χ4v) is 15.1. The monoisotopic (exact) mass is 2420 g/mol. The van der Waals surface area contributed by atoms with Crippen LogP contribution in [-0.2, 0) is 109 Å². The van der Waals surface area contributed by atoms with Crippen LogP contribution in [0.5, 0.6) is 0 Å². The zero-order valence-corrected chi connectivity index (χ0v) is 87.3. The zero-order chi connectivity index (χ0) is 97.8. The summed E-state index contributed by atoms with van der Waals surface area (Å²) < 4.78 is 60.7. The number of hydrogen-bond acceptors (Lipinski definition) is 9. The second-order valence-corrected chi connectivity index (χ2v) is 32.5. The average molecular weight is 2420 g/mol. The summed E-state index contributed by atoms with van der Waals surface area (Å²) in [4.78, 5) is 19.3. The fourth-order valence-electron chi connectivity index (χ4n) is 15.1. The van der Waals surface area contributed by atoms with Gasteiger partial charge in [0, 0.05) is 84.7 Å². The first-order valence-electron chi connectivity index (χ1n) is 44.5. The molecule has 0 aliphatic rings. The molecule has 0 atom stereocenters. The molecule has 0 aliphatic carbocycles. The Morgan fingerprint density at radius 1 is 0.280 bits per heavy atom. The minimum absolute atomic E-state index is 0. The Morgan fingerprint density at radius 3 is 0.727 bits per heavy atom. The number of fused-ring (bicyclic) bond motifs is 6. The predicted octanol–water partition coefficient (Wildman–Crippen LogP) is 17.0. The number of nitrogens with zero attached hydrogens (tertiary/aromatic N) is 24. The quantitative estimate of drug-likeness (QED) is 0.0976. The molecule has 143 heavy (non-hydrogen) atoms. The van der Waals surface area contributed by atoms with Crippen molar-refractivity contribution in [2.24, 2.45) is 42.3 Å². The van der Waals surface area contributed by atoms with Crippen molar-refractivity contribution in [2.75, 3.05) is 0 Å². The molecule has 0 unspecified atom stereocenters. The van der Waals surface area contributed by atoms with Crippen LogP contribution in [0.1, 0.15) is 45.0 Å². The molecule has 30 heteroatoms. The third-order valence-corrected chi connectivity index (χ3v) is 21.9. The topological polar surface area (TPSA) is 211 Å². The Labute approximate surface area is 867 Å². The number of alkyl halides is 3. The summed E-state index contributed by atoms with van der Waals surface area (Å²) >= 11 is 0. The smallest absolute Gasteiger partial charge is 0.421 e. The summed E-state index contributed by atoms with van der Waals surface area (Å²) in [6.07, 6.45) is 21.7. The Kier molecular flexibility index (Phi) is 35.6. The molecular formula is C113H94F3Ir3N24-9. The molecule has 0 bridgehead atoms. The van der Waals surface area contributed by atoms with E-state index in [0.717, 1.165) is 78.6 Å². The van der Waals surface area contributed by atoms with Gasteiger partial charge in [0.15, 0.2) is 0 Å². The number of benzene rings is 12. The van der Waals surface area contributed by atoms with Crippen LogP contribution in [0.25, 0.3) is 135 Å². The Morgan fingerprint density at radius 2 is 0.517 bits per heavy atom. The number of aryl methyl sites for hydroxylation is 13. The molecule has 0 N–H and O–H groups in total. The molecule has 0 aliphatic heterocycles. The van der Waals surface area contributed by atoms with Crippen molar-refractivity contribution in [1.82, 2.24) is 88.1 Å². The van der Waals surface area contributed by atoms with Gasteiger partial charge in [0.2, 0.25) is 38.0 Å². The second kappa shape index (κ2) is 48.8. The van der Waals surface area contributed by atoms with E-state index in [1.165, 1.54) is 78.7 Å². The van der Waals surface area contributed by atoms with Crippen LogP contribution in [0.15, 0.2) is 334 Å². The van der Waals surface area contributed by atoms with Crippen molar-refractivity contribution < 1.29 is 101 Å².